The van der Waals surface area contributed by atoms with Gasteiger partial charge in [-0.3, -0.25) is 19.7 Å². The number of Topliss-reactive ketones (excluding diaryl/α,β-unsaturated/α-hetero) is 2. The van der Waals surface area contributed by atoms with E-state index in [1.807, 2.05) is 0 Å². The van der Waals surface area contributed by atoms with Gasteiger partial charge in [0.05, 0.1) is 28.4 Å². The van der Waals surface area contributed by atoms with Gasteiger partial charge in [0.15, 0.2) is 23.1 Å². The second-order valence-corrected chi connectivity index (χ2v) is 6.23. The van der Waals surface area contributed by atoms with Crippen LogP contribution in [0.3, 0.4) is 0 Å². The minimum atomic E-state index is -1.22. The van der Waals surface area contributed by atoms with Crippen LogP contribution in [0.5, 0.6) is 17.2 Å². The highest BCUT2D eigenvalue weighted by molar-refractivity contribution is 6.14. The molecule has 1 N–H and O–H groups in total. The highest BCUT2D eigenvalue weighted by Gasteiger charge is 2.33. The first-order valence-electron chi connectivity index (χ1n) is 8.40. The Bertz CT molecular complexity index is 674. The molecule has 0 fully saturated rings. The second-order valence-electron chi connectivity index (χ2n) is 6.23. The van der Waals surface area contributed by atoms with E-state index in [0.717, 1.165) is 0 Å². The summed E-state index contributed by atoms with van der Waals surface area (Å²) in [4.78, 5) is 37.1. The number of benzene rings is 1. The van der Waals surface area contributed by atoms with Crippen molar-refractivity contribution in [3.05, 3.63) is 17.7 Å². The van der Waals surface area contributed by atoms with Crippen LogP contribution in [0.15, 0.2) is 12.1 Å². The van der Waals surface area contributed by atoms with Gasteiger partial charge in [-0.2, -0.15) is 0 Å². The number of ketones is 2. The first-order valence-corrected chi connectivity index (χ1v) is 8.40. The first kappa shape index (κ1) is 22.4. The number of hydrogen-bond acceptors (Lipinski definition) is 8. The third-order valence-electron chi connectivity index (χ3n) is 4.09. The molecular formula is C19H27NO7. The molecule has 2 unspecified atom stereocenters. The third-order valence-corrected chi connectivity index (χ3v) is 4.09. The van der Waals surface area contributed by atoms with E-state index in [2.05, 4.69) is 5.32 Å². The van der Waals surface area contributed by atoms with Gasteiger partial charge in [0.2, 0.25) is 5.75 Å². The predicted octanol–water partition coefficient (Wildman–Crippen LogP) is 1.64. The normalized spacial score (nSPS) is 12.9. The Morgan fingerprint density at radius 3 is 1.78 bits per heavy atom. The van der Waals surface area contributed by atoms with Crippen LogP contribution in [0.4, 0.5) is 0 Å². The van der Waals surface area contributed by atoms with Crippen LogP contribution >= 0.6 is 0 Å². The van der Waals surface area contributed by atoms with Crippen LogP contribution in [0, 0.1) is 5.92 Å². The summed E-state index contributed by atoms with van der Waals surface area (Å²) in [6.07, 6.45) is 0. The summed E-state index contributed by atoms with van der Waals surface area (Å²) in [6, 6.07) is 0.891. The Hall–Kier alpha value is -2.61. The molecule has 0 heterocycles. The molecule has 8 heteroatoms. The second kappa shape index (κ2) is 9.91. The minimum Gasteiger partial charge on any atom is -0.493 e. The molecule has 0 saturated heterocycles. The van der Waals surface area contributed by atoms with Crippen molar-refractivity contribution in [2.45, 2.75) is 32.9 Å². The van der Waals surface area contributed by atoms with Crippen LogP contribution in [-0.4, -0.2) is 58.1 Å². The lowest BCUT2D eigenvalue weighted by molar-refractivity contribution is -0.144. The van der Waals surface area contributed by atoms with Crippen LogP contribution in [0.1, 0.15) is 31.1 Å². The Balaban J connectivity index is 3.32. The molecule has 0 saturated carbocycles. The van der Waals surface area contributed by atoms with Gasteiger partial charge in [-0.25, -0.2) is 0 Å². The monoisotopic (exact) mass is 381 g/mol. The van der Waals surface area contributed by atoms with Crippen LogP contribution in [0.2, 0.25) is 0 Å². The smallest absolute Gasteiger partial charge is 0.323 e. The van der Waals surface area contributed by atoms with Crippen molar-refractivity contribution in [1.82, 2.24) is 5.32 Å². The zero-order valence-electron chi connectivity index (χ0n) is 16.7. The van der Waals surface area contributed by atoms with E-state index in [9.17, 15) is 14.4 Å². The molecule has 0 aliphatic heterocycles. The molecule has 1 aromatic rings. The zero-order valence-corrected chi connectivity index (χ0v) is 16.7. The number of nitrogens with one attached hydrogen (secondary N) is 1. The maximum Gasteiger partial charge on any atom is 0.323 e. The number of esters is 1. The molecule has 1 rings (SSSR count). The van der Waals surface area contributed by atoms with E-state index in [-0.39, 0.29) is 23.0 Å². The summed E-state index contributed by atoms with van der Waals surface area (Å²) in [6.45, 7) is 4.85. The summed E-state index contributed by atoms with van der Waals surface area (Å²) in [5, 5.41) is 2.82. The molecule has 0 aliphatic carbocycles. The number of methoxy groups -OCH3 is 4. The van der Waals surface area contributed by atoms with Gasteiger partial charge in [-0.1, -0.05) is 13.8 Å². The molecular weight excluding hydrogens is 354 g/mol. The first-order chi connectivity index (χ1) is 12.7. The molecule has 0 bridgehead atoms. The standard InChI is InChI=1S/C19H27NO7/c1-10(2)15(19(23)27-7)20-16(11(3)21)17(22)12-8-13(24-4)18(26-6)14(9-12)25-5/h8-10,15-16,20H,1-7H3. The van der Waals surface area contributed by atoms with E-state index >= 15 is 0 Å². The fourth-order valence-electron chi connectivity index (χ4n) is 2.61. The molecule has 0 radical (unpaired) electrons. The summed E-state index contributed by atoms with van der Waals surface area (Å²) < 4.78 is 20.5. The minimum absolute atomic E-state index is 0.185. The topological polar surface area (TPSA) is 100 Å². The highest BCUT2D eigenvalue weighted by Crippen LogP contribution is 2.38. The molecule has 0 aromatic heterocycles. The van der Waals surface area contributed by atoms with Crippen molar-refractivity contribution in [2.75, 3.05) is 28.4 Å². The van der Waals surface area contributed by atoms with Gasteiger partial charge >= 0.3 is 5.97 Å². The highest BCUT2D eigenvalue weighted by atomic mass is 16.5. The van der Waals surface area contributed by atoms with Gasteiger partial charge < -0.3 is 18.9 Å². The van der Waals surface area contributed by atoms with Gasteiger partial charge in [0.25, 0.3) is 0 Å². The molecule has 27 heavy (non-hydrogen) atoms. The van der Waals surface area contributed by atoms with E-state index in [1.54, 1.807) is 13.8 Å². The molecule has 1 aromatic carbocycles. The number of carbonyl (C=O) groups is 3. The van der Waals surface area contributed by atoms with Crippen molar-refractivity contribution in [2.24, 2.45) is 5.92 Å². The van der Waals surface area contributed by atoms with Gasteiger partial charge in [-0.05, 0) is 25.0 Å². The Morgan fingerprint density at radius 2 is 1.44 bits per heavy atom. The maximum atomic E-state index is 13.0. The molecule has 8 nitrogen and oxygen atoms in total. The predicted molar refractivity (Wildman–Crippen MR) is 98.7 cm³/mol. The van der Waals surface area contributed by atoms with E-state index in [0.29, 0.717) is 5.75 Å². The van der Waals surface area contributed by atoms with E-state index in [4.69, 9.17) is 18.9 Å². The largest absolute Gasteiger partial charge is 0.493 e. The summed E-state index contributed by atoms with van der Waals surface area (Å²) >= 11 is 0. The summed E-state index contributed by atoms with van der Waals surface area (Å²) in [7, 11) is 5.56. The van der Waals surface area contributed by atoms with Crippen molar-refractivity contribution in [3.8, 4) is 17.2 Å². The number of ether oxygens (including phenoxy) is 4. The summed E-state index contributed by atoms with van der Waals surface area (Å²) in [5.41, 5.74) is 0.185. The maximum absolute atomic E-state index is 13.0. The van der Waals surface area contributed by atoms with Crippen molar-refractivity contribution in [3.63, 3.8) is 0 Å². The number of hydrogen-bond donors (Lipinski definition) is 1. The third kappa shape index (κ3) is 5.19. The van der Waals surface area contributed by atoms with Crippen LogP contribution < -0.4 is 19.5 Å². The average Bonchev–Trinajstić information content (AvgIpc) is 2.65. The van der Waals surface area contributed by atoms with Gasteiger partial charge in [-0.15, -0.1) is 0 Å². The zero-order chi connectivity index (χ0) is 20.7. The molecule has 0 aliphatic rings. The number of carbonyl (C=O) groups excluding carboxylic acids is 3. The van der Waals surface area contributed by atoms with Crippen LogP contribution in [0.25, 0.3) is 0 Å². The van der Waals surface area contributed by atoms with E-state index < -0.39 is 29.6 Å². The average molecular weight is 381 g/mol. The molecule has 0 amide bonds. The van der Waals surface area contributed by atoms with Crippen molar-refractivity contribution < 1.29 is 33.3 Å². The molecule has 2 atom stereocenters. The lowest BCUT2D eigenvalue weighted by Crippen LogP contribution is -2.53. The van der Waals surface area contributed by atoms with Gasteiger partial charge in [0, 0.05) is 5.56 Å². The van der Waals surface area contributed by atoms with Crippen molar-refractivity contribution in [1.29, 1.82) is 0 Å². The Morgan fingerprint density at radius 1 is 0.926 bits per heavy atom. The van der Waals surface area contributed by atoms with E-state index in [1.165, 1.54) is 47.5 Å². The lowest BCUT2D eigenvalue weighted by atomic mass is 9.97. The fraction of sp³-hybridized carbons (Fsp3) is 0.526. The molecule has 150 valence electrons. The lowest BCUT2D eigenvalue weighted by Gasteiger charge is -2.24. The van der Waals surface area contributed by atoms with Crippen LogP contribution in [-0.2, 0) is 14.3 Å². The summed E-state index contributed by atoms with van der Waals surface area (Å²) in [5.74, 6) is -0.772. The van der Waals surface area contributed by atoms with Crippen molar-refractivity contribution >= 4 is 17.5 Å². The Kier molecular flexibility index (Phi) is 8.24. The number of rotatable bonds is 10. The Labute approximate surface area is 159 Å². The van der Waals surface area contributed by atoms with Gasteiger partial charge in [0.1, 0.15) is 12.1 Å². The molecule has 0 spiro atoms. The fourth-order valence-corrected chi connectivity index (χ4v) is 2.61. The quantitative estimate of drug-likeness (QED) is 0.371. The SMILES string of the molecule is COC(=O)C(NC(C(C)=O)C(=O)c1cc(OC)c(OC)c(OC)c1)C(C)C.